The molecular weight excluding hydrogens is 402 g/mol. The third-order valence-electron chi connectivity index (χ3n) is 4.90. The van der Waals surface area contributed by atoms with Gasteiger partial charge in [0.05, 0.1) is 24.5 Å². The maximum atomic E-state index is 13.5. The smallest absolute Gasteiger partial charge is 0.282 e. The summed E-state index contributed by atoms with van der Waals surface area (Å²) in [5, 5.41) is 1.90. The number of ether oxygens (including phenoxy) is 2. The van der Waals surface area contributed by atoms with E-state index < -0.39 is 0 Å². The Morgan fingerprint density at radius 1 is 0.933 bits per heavy atom. The quantitative estimate of drug-likeness (QED) is 0.541. The number of rotatable bonds is 10. The van der Waals surface area contributed by atoms with Gasteiger partial charge >= 0.3 is 0 Å². The van der Waals surface area contributed by atoms with Crippen molar-refractivity contribution in [3.8, 4) is 0 Å². The van der Waals surface area contributed by atoms with Crippen molar-refractivity contribution < 1.29 is 19.1 Å². The van der Waals surface area contributed by atoms with Gasteiger partial charge in [-0.1, -0.05) is 6.07 Å². The van der Waals surface area contributed by atoms with Crippen LogP contribution in [0.4, 0.5) is 11.4 Å². The van der Waals surface area contributed by atoms with Gasteiger partial charge in [0.25, 0.3) is 11.8 Å². The van der Waals surface area contributed by atoms with Crippen LogP contribution in [0.5, 0.6) is 0 Å². The van der Waals surface area contributed by atoms with Crippen LogP contribution in [0.1, 0.15) is 4.88 Å². The molecule has 7 nitrogen and oxygen atoms in total. The molecule has 1 aliphatic rings. The lowest BCUT2D eigenvalue weighted by Gasteiger charge is -2.25. The van der Waals surface area contributed by atoms with E-state index >= 15 is 0 Å². The molecule has 160 valence electrons. The summed E-state index contributed by atoms with van der Waals surface area (Å²) in [7, 11) is 7.12. The minimum Gasteiger partial charge on any atom is -0.383 e. The molecule has 3 rings (SSSR count). The molecule has 0 aliphatic carbocycles. The molecule has 0 bridgehead atoms. The maximum Gasteiger partial charge on any atom is 0.282 e. The normalized spacial score (nSPS) is 14.1. The molecular formula is C22H27N3O4S. The fraction of sp³-hybridized carbons (Fsp3) is 0.364. The minimum absolute atomic E-state index is 0.310. The zero-order valence-corrected chi connectivity index (χ0v) is 18.6. The van der Waals surface area contributed by atoms with Crippen LogP contribution in [0.15, 0.2) is 47.5 Å². The van der Waals surface area contributed by atoms with Crippen LogP contribution in [0.2, 0.25) is 0 Å². The van der Waals surface area contributed by atoms with Gasteiger partial charge in [0.2, 0.25) is 0 Å². The average molecular weight is 430 g/mol. The number of benzene rings is 1. The Kier molecular flexibility index (Phi) is 7.25. The lowest BCUT2D eigenvalue weighted by atomic mass is 10.1. The van der Waals surface area contributed by atoms with Gasteiger partial charge in [0, 0.05) is 52.0 Å². The predicted molar refractivity (Wildman–Crippen MR) is 120 cm³/mol. The largest absolute Gasteiger partial charge is 0.383 e. The molecule has 0 saturated heterocycles. The number of nitrogens with zero attached hydrogens (tertiary/aromatic N) is 3. The Balaban J connectivity index is 2.03. The van der Waals surface area contributed by atoms with Gasteiger partial charge in [-0.15, -0.1) is 11.3 Å². The second-order valence-corrected chi connectivity index (χ2v) is 7.98. The molecule has 1 aliphatic heterocycles. The monoisotopic (exact) mass is 429 g/mol. The van der Waals surface area contributed by atoms with E-state index in [1.54, 1.807) is 26.4 Å². The minimum atomic E-state index is -0.326. The van der Waals surface area contributed by atoms with Crippen molar-refractivity contribution in [2.45, 2.75) is 0 Å². The first kappa shape index (κ1) is 22.0. The molecule has 2 heterocycles. The van der Waals surface area contributed by atoms with E-state index in [4.69, 9.17) is 9.47 Å². The second-order valence-electron chi connectivity index (χ2n) is 7.03. The summed E-state index contributed by atoms with van der Waals surface area (Å²) < 4.78 is 10.5. The summed E-state index contributed by atoms with van der Waals surface area (Å²) in [6, 6.07) is 11.1. The van der Waals surface area contributed by atoms with Gasteiger partial charge in [0.15, 0.2) is 0 Å². The lowest BCUT2D eigenvalue weighted by molar-refractivity contribution is -0.120. The highest BCUT2D eigenvalue weighted by Gasteiger charge is 2.42. The van der Waals surface area contributed by atoms with Gasteiger partial charge in [-0.3, -0.25) is 9.59 Å². The molecule has 1 aromatic heterocycles. The number of amides is 2. The molecule has 2 aromatic rings. The van der Waals surface area contributed by atoms with Gasteiger partial charge in [-0.05, 0) is 35.7 Å². The van der Waals surface area contributed by atoms with Crippen molar-refractivity contribution in [1.29, 1.82) is 0 Å². The van der Waals surface area contributed by atoms with Gasteiger partial charge in [0.1, 0.15) is 5.70 Å². The SMILES string of the molecule is COCCN(CCOC)C1=C(c2cccs2)C(=O)N(c2ccc(N(C)C)cc2)C1=O. The summed E-state index contributed by atoms with van der Waals surface area (Å²) in [5.41, 5.74) is 2.37. The Morgan fingerprint density at radius 2 is 1.57 bits per heavy atom. The Labute approximate surface area is 181 Å². The van der Waals surface area contributed by atoms with Crippen molar-refractivity contribution in [2.75, 3.05) is 64.4 Å². The molecule has 0 fully saturated rings. The van der Waals surface area contributed by atoms with Gasteiger partial charge in [-0.25, -0.2) is 4.90 Å². The highest BCUT2D eigenvalue weighted by atomic mass is 32.1. The summed E-state index contributed by atoms with van der Waals surface area (Å²) in [5.74, 6) is -0.636. The Bertz CT molecular complexity index is 899. The molecule has 1 aromatic carbocycles. The number of carbonyl (C=O) groups is 2. The predicted octanol–water partition coefficient (Wildman–Crippen LogP) is 2.69. The van der Waals surface area contributed by atoms with Crippen molar-refractivity contribution >= 4 is 40.1 Å². The van der Waals surface area contributed by atoms with E-state index in [1.807, 2.05) is 53.5 Å². The fourth-order valence-electron chi connectivity index (χ4n) is 3.33. The molecule has 2 amide bonds. The van der Waals surface area contributed by atoms with Crippen molar-refractivity contribution in [2.24, 2.45) is 0 Å². The van der Waals surface area contributed by atoms with Crippen molar-refractivity contribution in [1.82, 2.24) is 4.90 Å². The van der Waals surface area contributed by atoms with Crippen LogP contribution in [0, 0.1) is 0 Å². The third-order valence-corrected chi connectivity index (χ3v) is 5.79. The molecule has 0 atom stereocenters. The molecule has 0 radical (unpaired) electrons. The number of thiophene rings is 1. The van der Waals surface area contributed by atoms with E-state index in [2.05, 4.69) is 0 Å². The summed E-state index contributed by atoms with van der Waals surface area (Å²) in [6.45, 7) is 1.83. The number of imide groups is 1. The highest BCUT2D eigenvalue weighted by molar-refractivity contribution is 7.11. The first-order valence-corrected chi connectivity index (χ1v) is 10.5. The van der Waals surface area contributed by atoms with Crippen LogP contribution >= 0.6 is 11.3 Å². The second kappa shape index (κ2) is 9.88. The first-order chi connectivity index (χ1) is 14.5. The van der Waals surface area contributed by atoms with Crippen LogP contribution < -0.4 is 9.80 Å². The fourth-order valence-corrected chi connectivity index (χ4v) is 4.09. The zero-order valence-electron chi connectivity index (χ0n) is 17.8. The van der Waals surface area contributed by atoms with E-state index in [0.717, 1.165) is 10.6 Å². The van der Waals surface area contributed by atoms with E-state index in [0.29, 0.717) is 43.3 Å². The third kappa shape index (κ3) is 4.40. The Morgan fingerprint density at radius 3 is 2.07 bits per heavy atom. The van der Waals surface area contributed by atoms with E-state index in [1.165, 1.54) is 16.2 Å². The van der Waals surface area contributed by atoms with E-state index in [9.17, 15) is 9.59 Å². The Hall–Kier alpha value is -2.68. The average Bonchev–Trinajstić information content (AvgIpc) is 3.35. The number of methoxy groups -OCH3 is 2. The first-order valence-electron chi connectivity index (χ1n) is 9.66. The van der Waals surface area contributed by atoms with E-state index in [-0.39, 0.29) is 11.8 Å². The van der Waals surface area contributed by atoms with Gasteiger partial charge in [-0.2, -0.15) is 0 Å². The lowest BCUT2D eigenvalue weighted by Crippen LogP contribution is -2.37. The summed E-state index contributed by atoms with van der Waals surface area (Å²) in [4.78, 5) is 32.9. The number of hydrogen-bond donors (Lipinski definition) is 0. The number of hydrogen-bond acceptors (Lipinski definition) is 7. The molecule has 0 N–H and O–H groups in total. The number of anilines is 2. The van der Waals surface area contributed by atoms with Crippen LogP contribution in [-0.4, -0.2) is 71.3 Å². The molecule has 8 heteroatoms. The summed E-state index contributed by atoms with van der Waals surface area (Å²) in [6.07, 6.45) is 0. The molecule has 30 heavy (non-hydrogen) atoms. The standard InChI is InChI=1S/C22H27N3O4S/c1-23(2)16-7-9-17(10-8-16)25-21(26)19(18-6-5-15-30-18)20(22(25)27)24(11-13-28-3)12-14-29-4/h5-10,15H,11-14H2,1-4H3. The molecule has 0 unspecified atom stereocenters. The maximum absolute atomic E-state index is 13.5. The zero-order chi connectivity index (χ0) is 21.7. The van der Waals surface area contributed by atoms with Crippen molar-refractivity contribution in [3.63, 3.8) is 0 Å². The highest BCUT2D eigenvalue weighted by Crippen LogP contribution is 2.36. The van der Waals surface area contributed by atoms with Crippen molar-refractivity contribution in [3.05, 3.63) is 52.4 Å². The summed E-state index contributed by atoms with van der Waals surface area (Å²) >= 11 is 1.44. The van der Waals surface area contributed by atoms with Crippen LogP contribution in [-0.2, 0) is 19.1 Å². The topological polar surface area (TPSA) is 62.3 Å². The molecule has 0 spiro atoms. The van der Waals surface area contributed by atoms with Crippen LogP contribution in [0.3, 0.4) is 0 Å². The van der Waals surface area contributed by atoms with Crippen LogP contribution in [0.25, 0.3) is 5.57 Å². The molecule has 0 saturated carbocycles. The van der Waals surface area contributed by atoms with Gasteiger partial charge < -0.3 is 19.3 Å². The number of carbonyl (C=O) groups excluding carboxylic acids is 2.